The van der Waals surface area contributed by atoms with Crippen molar-refractivity contribution in [2.24, 2.45) is 0 Å². The number of nitrogens with zero attached hydrogens (tertiary/aromatic N) is 3. The Morgan fingerprint density at radius 3 is 2.72 bits per heavy atom. The zero-order chi connectivity index (χ0) is 18.6. The third kappa shape index (κ3) is 4.96. The second kappa shape index (κ2) is 7.69. The van der Waals surface area contributed by atoms with Crippen molar-refractivity contribution >= 4 is 17.3 Å². The molecule has 2 rings (SSSR count). The van der Waals surface area contributed by atoms with Crippen LogP contribution in [0.15, 0.2) is 30.5 Å². The molecule has 2 aromatic rings. The standard InChI is InChI=1S/C15H16F2N4O4/c1-9-3-4-20(19-9)10(2)15(22)18-11-5-12(21(23)24)7-13(6-11)25-8-14(16)17/h3-7,10,14H,8H2,1-2H3,(H,18,22). The highest BCUT2D eigenvalue weighted by molar-refractivity contribution is 5.93. The van der Waals surface area contributed by atoms with E-state index in [1.165, 1.54) is 10.7 Å². The lowest BCUT2D eigenvalue weighted by atomic mass is 10.2. The molecule has 0 radical (unpaired) electrons. The lowest BCUT2D eigenvalue weighted by Gasteiger charge is -2.14. The molecule has 10 heteroatoms. The van der Waals surface area contributed by atoms with Gasteiger partial charge in [0.2, 0.25) is 5.91 Å². The number of carbonyl (C=O) groups excluding carboxylic acids is 1. The molecule has 25 heavy (non-hydrogen) atoms. The van der Waals surface area contributed by atoms with Crippen LogP contribution in [0, 0.1) is 17.0 Å². The highest BCUT2D eigenvalue weighted by Crippen LogP contribution is 2.27. The first-order valence-electron chi connectivity index (χ1n) is 7.29. The molecule has 1 aromatic heterocycles. The number of nitrogens with one attached hydrogen (secondary N) is 1. The Bertz CT molecular complexity index is 779. The molecule has 1 N–H and O–H groups in total. The summed E-state index contributed by atoms with van der Waals surface area (Å²) >= 11 is 0. The molecule has 0 fully saturated rings. The Labute approximate surface area is 141 Å². The van der Waals surface area contributed by atoms with Crippen LogP contribution in [-0.2, 0) is 4.79 Å². The smallest absolute Gasteiger partial charge is 0.275 e. The molecule has 1 atom stereocenters. The van der Waals surface area contributed by atoms with Gasteiger partial charge >= 0.3 is 0 Å². The van der Waals surface area contributed by atoms with E-state index in [-0.39, 0.29) is 17.1 Å². The van der Waals surface area contributed by atoms with Crippen LogP contribution in [0.5, 0.6) is 5.75 Å². The molecule has 1 amide bonds. The quantitative estimate of drug-likeness (QED) is 0.609. The van der Waals surface area contributed by atoms with Crippen molar-refractivity contribution in [1.82, 2.24) is 9.78 Å². The van der Waals surface area contributed by atoms with E-state index in [1.807, 2.05) is 0 Å². The van der Waals surface area contributed by atoms with Crippen LogP contribution in [0.25, 0.3) is 0 Å². The minimum atomic E-state index is -2.72. The Hall–Kier alpha value is -3.04. The van der Waals surface area contributed by atoms with Crippen LogP contribution in [0.4, 0.5) is 20.2 Å². The second-order valence-corrected chi connectivity index (χ2v) is 5.28. The van der Waals surface area contributed by atoms with Gasteiger partial charge in [-0.1, -0.05) is 0 Å². The van der Waals surface area contributed by atoms with E-state index < -0.39 is 29.9 Å². The van der Waals surface area contributed by atoms with Gasteiger partial charge in [-0.05, 0) is 19.9 Å². The van der Waals surface area contributed by atoms with Gasteiger partial charge in [-0.25, -0.2) is 8.78 Å². The van der Waals surface area contributed by atoms with Gasteiger partial charge in [0.1, 0.15) is 18.4 Å². The monoisotopic (exact) mass is 354 g/mol. The number of aromatic nitrogens is 2. The normalized spacial score (nSPS) is 12.0. The maximum absolute atomic E-state index is 12.3. The number of nitro benzene ring substituents is 1. The highest BCUT2D eigenvalue weighted by Gasteiger charge is 2.18. The molecule has 1 heterocycles. The fourth-order valence-corrected chi connectivity index (χ4v) is 2.02. The minimum Gasteiger partial charge on any atom is -0.487 e. The molecule has 0 spiro atoms. The lowest BCUT2D eigenvalue weighted by Crippen LogP contribution is -2.24. The van der Waals surface area contributed by atoms with Gasteiger partial charge in [0.05, 0.1) is 22.4 Å². The molecule has 0 aliphatic carbocycles. The number of ether oxygens (including phenoxy) is 1. The fraction of sp³-hybridized carbons (Fsp3) is 0.333. The molecule has 1 aromatic carbocycles. The third-order valence-electron chi connectivity index (χ3n) is 3.26. The minimum absolute atomic E-state index is 0.0687. The third-order valence-corrected chi connectivity index (χ3v) is 3.26. The van der Waals surface area contributed by atoms with E-state index >= 15 is 0 Å². The molecule has 8 nitrogen and oxygen atoms in total. The molecular formula is C15H16F2N4O4. The first-order chi connectivity index (χ1) is 11.8. The number of amides is 1. The van der Waals surface area contributed by atoms with Crippen molar-refractivity contribution in [3.63, 3.8) is 0 Å². The van der Waals surface area contributed by atoms with E-state index in [0.29, 0.717) is 0 Å². The van der Waals surface area contributed by atoms with Gasteiger partial charge in [0.15, 0.2) is 0 Å². The molecule has 0 bridgehead atoms. The summed E-state index contributed by atoms with van der Waals surface area (Å²) in [7, 11) is 0. The number of aryl methyl sites for hydroxylation is 1. The average molecular weight is 354 g/mol. The van der Waals surface area contributed by atoms with Gasteiger partial charge in [-0.3, -0.25) is 19.6 Å². The van der Waals surface area contributed by atoms with Crippen LogP contribution in [0.2, 0.25) is 0 Å². The maximum atomic E-state index is 12.3. The number of anilines is 1. The summed E-state index contributed by atoms with van der Waals surface area (Å²) in [6, 6.07) is 4.44. The number of carbonyl (C=O) groups is 1. The molecule has 0 saturated carbocycles. The largest absolute Gasteiger partial charge is 0.487 e. The van der Waals surface area contributed by atoms with Crippen molar-refractivity contribution in [2.45, 2.75) is 26.3 Å². The number of non-ortho nitro benzene ring substituents is 1. The van der Waals surface area contributed by atoms with E-state index in [0.717, 1.165) is 17.8 Å². The number of rotatable bonds is 7. The van der Waals surface area contributed by atoms with Crippen molar-refractivity contribution in [3.8, 4) is 5.75 Å². The molecule has 0 saturated heterocycles. The van der Waals surface area contributed by atoms with Crippen molar-refractivity contribution < 1.29 is 23.2 Å². The average Bonchev–Trinajstić information content (AvgIpc) is 2.98. The molecule has 0 aliphatic rings. The second-order valence-electron chi connectivity index (χ2n) is 5.28. The van der Waals surface area contributed by atoms with E-state index in [4.69, 9.17) is 4.74 Å². The van der Waals surface area contributed by atoms with Gasteiger partial charge in [-0.15, -0.1) is 0 Å². The number of hydrogen-bond donors (Lipinski definition) is 1. The van der Waals surface area contributed by atoms with Crippen molar-refractivity contribution in [3.05, 3.63) is 46.3 Å². The summed E-state index contributed by atoms with van der Waals surface area (Å²) in [6.07, 6.45) is -1.09. The highest BCUT2D eigenvalue weighted by atomic mass is 19.3. The molecule has 1 unspecified atom stereocenters. The summed E-state index contributed by atoms with van der Waals surface area (Å²) in [6.45, 7) is 2.47. The summed E-state index contributed by atoms with van der Waals surface area (Å²) < 4.78 is 30.7. The molecule has 134 valence electrons. The summed E-state index contributed by atoms with van der Waals surface area (Å²) in [5.41, 5.74) is 0.418. The number of alkyl halides is 2. The lowest BCUT2D eigenvalue weighted by molar-refractivity contribution is -0.384. The van der Waals surface area contributed by atoms with Gasteiger partial charge in [0.25, 0.3) is 12.1 Å². The van der Waals surface area contributed by atoms with Crippen LogP contribution in [0.1, 0.15) is 18.7 Å². The summed E-state index contributed by atoms with van der Waals surface area (Å²) in [4.78, 5) is 22.5. The fourth-order valence-electron chi connectivity index (χ4n) is 2.02. The van der Waals surface area contributed by atoms with E-state index in [2.05, 4.69) is 10.4 Å². The zero-order valence-corrected chi connectivity index (χ0v) is 13.5. The summed E-state index contributed by atoms with van der Waals surface area (Å²) in [5.74, 6) is -0.601. The van der Waals surface area contributed by atoms with Crippen molar-refractivity contribution in [1.29, 1.82) is 0 Å². The number of benzene rings is 1. The SMILES string of the molecule is Cc1ccn(C(C)C(=O)Nc2cc(OCC(F)F)cc([N+](=O)[O-])c2)n1. The van der Waals surface area contributed by atoms with E-state index in [9.17, 15) is 23.7 Å². The van der Waals surface area contributed by atoms with Crippen LogP contribution >= 0.6 is 0 Å². The van der Waals surface area contributed by atoms with Gasteiger partial charge in [-0.2, -0.15) is 5.10 Å². The van der Waals surface area contributed by atoms with Gasteiger partial charge in [0, 0.05) is 18.3 Å². The Kier molecular flexibility index (Phi) is 5.63. The van der Waals surface area contributed by atoms with Crippen LogP contribution < -0.4 is 10.1 Å². The zero-order valence-electron chi connectivity index (χ0n) is 13.5. The number of hydrogen-bond acceptors (Lipinski definition) is 5. The van der Waals surface area contributed by atoms with E-state index in [1.54, 1.807) is 26.1 Å². The first-order valence-corrected chi connectivity index (χ1v) is 7.29. The number of nitro groups is 1. The van der Waals surface area contributed by atoms with Crippen LogP contribution in [-0.4, -0.2) is 33.6 Å². The Balaban J connectivity index is 2.19. The Morgan fingerprint density at radius 1 is 1.44 bits per heavy atom. The van der Waals surface area contributed by atoms with Crippen LogP contribution in [0.3, 0.4) is 0 Å². The maximum Gasteiger partial charge on any atom is 0.275 e. The van der Waals surface area contributed by atoms with Gasteiger partial charge < -0.3 is 10.1 Å². The molecule has 0 aliphatic heterocycles. The topological polar surface area (TPSA) is 99.3 Å². The summed E-state index contributed by atoms with van der Waals surface area (Å²) in [5, 5.41) is 17.6. The number of halogens is 2. The first kappa shape index (κ1) is 18.3. The predicted octanol–water partition coefficient (Wildman–Crippen LogP) is 2.94. The van der Waals surface area contributed by atoms with Crippen molar-refractivity contribution in [2.75, 3.05) is 11.9 Å². The Morgan fingerprint density at radius 2 is 2.16 bits per heavy atom. The molecular weight excluding hydrogens is 338 g/mol. The predicted molar refractivity (Wildman–Crippen MR) is 84.9 cm³/mol.